The molecule has 0 fully saturated rings. The molecular formula is C56H52B2N4. The summed E-state index contributed by atoms with van der Waals surface area (Å²) in [5, 5.41) is 5.42. The molecular weight excluding hydrogens is 750 g/mol. The standard InChI is InChI=1S/C56H52B2N4/c1-31(2)35-21-25-45-37(29-35)49-51-54(62-48-24-20-34(6)28-42(48)55(7,8)39-15-11-13-17-43(39)57(62)59(45)51)50-38-30-36(32(3)4)22-26-46(38)60-52(50)53(49)61-47-23-19-33(5)27-41(47)56(9,10)40-16-12-14-18-44(40)58(60)61/h11-32H,1-10H3. The Hall–Kier alpha value is -6.13. The van der Waals surface area contributed by atoms with Gasteiger partial charge in [0.05, 0.1) is 22.4 Å². The van der Waals surface area contributed by atoms with Crippen molar-refractivity contribution in [1.82, 2.24) is 8.96 Å². The van der Waals surface area contributed by atoms with Gasteiger partial charge < -0.3 is 18.6 Å². The van der Waals surface area contributed by atoms with E-state index < -0.39 is 0 Å². The number of fused-ring (bicyclic) bond motifs is 22. The third-order valence-electron chi connectivity index (χ3n) is 15.8. The molecule has 9 aromatic rings. The summed E-state index contributed by atoms with van der Waals surface area (Å²) in [6, 6.07) is 48.0. The zero-order valence-corrected chi connectivity index (χ0v) is 37.6. The largest absolute Gasteiger partial charge is 0.421 e. The average molecular weight is 803 g/mol. The van der Waals surface area contributed by atoms with Gasteiger partial charge in [-0.05, 0) is 106 Å². The number of hydrogen-bond acceptors (Lipinski definition) is 2. The van der Waals surface area contributed by atoms with Crippen LogP contribution in [0.25, 0.3) is 43.6 Å². The first-order valence-corrected chi connectivity index (χ1v) is 22.9. The van der Waals surface area contributed by atoms with Crippen LogP contribution in [0.15, 0.2) is 121 Å². The fourth-order valence-electron chi connectivity index (χ4n) is 12.7. The highest BCUT2D eigenvalue weighted by molar-refractivity contribution is 6.84. The molecule has 4 nitrogen and oxygen atoms in total. The minimum Gasteiger partial charge on any atom is -0.359 e. The summed E-state index contributed by atoms with van der Waals surface area (Å²) in [7, 11) is 0. The lowest BCUT2D eigenvalue weighted by molar-refractivity contribution is 0.647. The van der Waals surface area contributed by atoms with Crippen molar-refractivity contribution in [3.05, 3.63) is 166 Å². The highest BCUT2D eigenvalue weighted by Gasteiger charge is 2.53. The van der Waals surface area contributed by atoms with Crippen LogP contribution in [0, 0.1) is 13.8 Å². The van der Waals surface area contributed by atoms with E-state index in [1.54, 1.807) is 0 Å². The summed E-state index contributed by atoms with van der Waals surface area (Å²) in [5.41, 5.74) is 23.7. The van der Waals surface area contributed by atoms with E-state index in [9.17, 15) is 0 Å². The first kappa shape index (κ1) is 36.5. The maximum absolute atomic E-state index is 2.78. The van der Waals surface area contributed by atoms with Gasteiger partial charge in [-0.3, -0.25) is 0 Å². The molecule has 0 unspecified atom stereocenters. The van der Waals surface area contributed by atoms with Crippen LogP contribution in [0.4, 0.5) is 22.7 Å². The quantitative estimate of drug-likeness (QED) is 0.162. The van der Waals surface area contributed by atoms with Crippen LogP contribution in [0.1, 0.15) is 112 Å². The SMILES string of the molecule is Cc1ccc2c(c1)C(C)(C)c1ccccc1B1N2c2c3c4cc(C(C)C)ccc4n4c3c(c3c5cc(C(C)C)ccc5n1c23)N1B4c2ccccc2C(C)(C)c2cc(C)ccc21. The number of hydrogen-bond donors (Lipinski definition) is 0. The zero-order chi connectivity index (χ0) is 42.5. The van der Waals surface area contributed by atoms with Crippen molar-refractivity contribution in [2.45, 2.75) is 91.9 Å². The van der Waals surface area contributed by atoms with Gasteiger partial charge in [0.2, 0.25) is 0 Å². The van der Waals surface area contributed by atoms with E-state index in [0.29, 0.717) is 11.8 Å². The molecule has 13 rings (SSSR count). The summed E-state index contributed by atoms with van der Waals surface area (Å²) < 4.78 is 5.52. The highest BCUT2D eigenvalue weighted by atomic mass is 15.3. The Morgan fingerprint density at radius 2 is 0.855 bits per heavy atom. The van der Waals surface area contributed by atoms with Crippen molar-refractivity contribution >= 4 is 91.3 Å². The molecule has 6 heterocycles. The second-order valence-corrected chi connectivity index (χ2v) is 20.7. The number of aromatic nitrogens is 2. The average Bonchev–Trinajstić information content (AvgIpc) is 3.96. The Bertz CT molecular complexity index is 3260. The second-order valence-electron chi connectivity index (χ2n) is 20.7. The second kappa shape index (κ2) is 11.9. The molecule has 0 saturated carbocycles. The smallest absolute Gasteiger partial charge is 0.359 e. The molecule has 302 valence electrons. The van der Waals surface area contributed by atoms with Gasteiger partial charge in [0, 0.05) is 54.8 Å². The molecule has 0 radical (unpaired) electrons. The van der Waals surface area contributed by atoms with Crippen LogP contribution in [-0.4, -0.2) is 22.9 Å². The van der Waals surface area contributed by atoms with Crippen LogP contribution >= 0.6 is 0 Å². The van der Waals surface area contributed by atoms with Crippen molar-refractivity contribution in [3.63, 3.8) is 0 Å². The third-order valence-corrected chi connectivity index (χ3v) is 15.8. The molecule has 4 aliphatic heterocycles. The lowest BCUT2D eigenvalue weighted by Crippen LogP contribution is -2.49. The molecule has 0 atom stereocenters. The van der Waals surface area contributed by atoms with Crippen LogP contribution < -0.4 is 20.5 Å². The highest BCUT2D eigenvalue weighted by Crippen LogP contribution is 2.61. The molecule has 0 bridgehead atoms. The maximum Gasteiger partial charge on any atom is 0.421 e. The molecule has 0 spiro atoms. The molecule has 7 aromatic carbocycles. The summed E-state index contributed by atoms with van der Waals surface area (Å²) in [5.74, 6) is 0.790. The lowest BCUT2D eigenvalue weighted by atomic mass is 9.62. The normalized spacial score (nSPS) is 16.3. The van der Waals surface area contributed by atoms with Crippen molar-refractivity contribution in [2.75, 3.05) is 9.62 Å². The topological polar surface area (TPSA) is 16.3 Å². The first-order chi connectivity index (χ1) is 29.8. The van der Waals surface area contributed by atoms with Crippen LogP contribution in [0.3, 0.4) is 0 Å². The van der Waals surface area contributed by atoms with Gasteiger partial charge in [-0.15, -0.1) is 0 Å². The summed E-state index contributed by atoms with van der Waals surface area (Å²) in [6.45, 7) is 23.5. The van der Waals surface area contributed by atoms with E-state index in [-0.39, 0.29) is 24.8 Å². The fourth-order valence-corrected chi connectivity index (χ4v) is 12.7. The van der Waals surface area contributed by atoms with Gasteiger partial charge in [-0.1, -0.05) is 151 Å². The Balaban J connectivity index is 1.32. The van der Waals surface area contributed by atoms with Crippen molar-refractivity contribution in [2.24, 2.45) is 0 Å². The number of aryl methyl sites for hydroxylation is 2. The molecule has 0 aliphatic carbocycles. The van der Waals surface area contributed by atoms with Crippen molar-refractivity contribution < 1.29 is 0 Å². The van der Waals surface area contributed by atoms with Crippen molar-refractivity contribution in [1.29, 1.82) is 0 Å². The van der Waals surface area contributed by atoms with Gasteiger partial charge in [0.25, 0.3) is 0 Å². The van der Waals surface area contributed by atoms with Gasteiger partial charge in [-0.25, -0.2) is 0 Å². The van der Waals surface area contributed by atoms with Crippen LogP contribution in [0.5, 0.6) is 0 Å². The molecule has 4 aliphatic rings. The number of anilines is 4. The minimum absolute atomic E-state index is 0.0755. The van der Waals surface area contributed by atoms with E-state index in [2.05, 4.69) is 209 Å². The lowest BCUT2D eigenvalue weighted by Gasteiger charge is -2.32. The van der Waals surface area contributed by atoms with Gasteiger partial charge >= 0.3 is 14.0 Å². The predicted molar refractivity (Wildman–Crippen MR) is 266 cm³/mol. The van der Waals surface area contributed by atoms with E-state index in [0.717, 1.165) is 0 Å². The summed E-state index contributed by atoms with van der Waals surface area (Å²) >= 11 is 0. The van der Waals surface area contributed by atoms with Crippen LogP contribution in [-0.2, 0) is 10.8 Å². The minimum atomic E-state index is -0.224. The van der Waals surface area contributed by atoms with E-state index in [4.69, 9.17) is 0 Å². The van der Waals surface area contributed by atoms with E-state index in [1.807, 2.05) is 0 Å². The number of rotatable bonds is 2. The van der Waals surface area contributed by atoms with Gasteiger partial charge in [-0.2, -0.15) is 0 Å². The third kappa shape index (κ3) is 4.27. The van der Waals surface area contributed by atoms with E-state index in [1.165, 1.54) is 122 Å². The first-order valence-electron chi connectivity index (χ1n) is 22.9. The molecule has 62 heavy (non-hydrogen) atoms. The van der Waals surface area contributed by atoms with E-state index >= 15 is 0 Å². The fraction of sp³-hybridized carbons (Fsp3) is 0.250. The van der Waals surface area contributed by atoms with Gasteiger partial charge in [0.15, 0.2) is 0 Å². The molecule has 2 aromatic heterocycles. The number of nitrogens with zero attached hydrogens (tertiary/aromatic N) is 4. The Morgan fingerprint density at radius 1 is 0.452 bits per heavy atom. The molecule has 0 N–H and O–H groups in total. The van der Waals surface area contributed by atoms with Crippen LogP contribution in [0.2, 0.25) is 0 Å². The molecule has 0 amide bonds. The monoisotopic (exact) mass is 802 g/mol. The molecule has 6 heteroatoms. The number of benzene rings is 7. The summed E-state index contributed by atoms with van der Waals surface area (Å²) in [4.78, 5) is 5.56. The maximum atomic E-state index is 2.78. The molecule has 0 saturated heterocycles. The van der Waals surface area contributed by atoms with Crippen molar-refractivity contribution in [3.8, 4) is 0 Å². The van der Waals surface area contributed by atoms with Gasteiger partial charge in [0.1, 0.15) is 0 Å². The Kier molecular flexibility index (Phi) is 6.99. The predicted octanol–water partition coefficient (Wildman–Crippen LogP) is 12.8. The Morgan fingerprint density at radius 3 is 1.26 bits per heavy atom. The Labute approximate surface area is 366 Å². The summed E-state index contributed by atoms with van der Waals surface area (Å²) in [6.07, 6.45) is 0. The zero-order valence-electron chi connectivity index (χ0n) is 37.6.